The molecule has 26 heavy (non-hydrogen) atoms. The number of nitrogens with one attached hydrogen (secondary N) is 1. The first-order chi connectivity index (χ1) is 12.6. The lowest BCUT2D eigenvalue weighted by Crippen LogP contribution is -2.41. The van der Waals surface area contributed by atoms with Gasteiger partial charge in [0.25, 0.3) is 0 Å². The summed E-state index contributed by atoms with van der Waals surface area (Å²) in [7, 11) is 1.60. The van der Waals surface area contributed by atoms with Crippen molar-refractivity contribution in [3.05, 3.63) is 59.4 Å². The molecule has 1 fully saturated rings. The van der Waals surface area contributed by atoms with Gasteiger partial charge in [0.2, 0.25) is 0 Å². The van der Waals surface area contributed by atoms with Crippen LogP contribution in [0.25, 0.3) is 0 Å². The number of nitrogens with zero attached hydrogens (tertiary/aromatic N) is 2. The number of likely N-dealkylation sites (tertiary alicyclic amines) is 1. The number of hydrogen-bond donors (Lipinski definition) is 1. The van der Waals surface area contributed by atoms with Crippen LogP contribution in [0.3, 0.4) is 0 Å². The second-order valence-corrected chi connectivity index (χ2v) is 6.50. The van der Waals surface area contributed by atoms with Crippen molar-refractivity contribution in [2.75, 3.05) is 20.2 Å². The fourth-order valence-electron chi connectivity index (χ4n) is 3.25. The van der Waals surface area contributed by atoms with Gasteiger partial charge in [0.1, 0.15) is 5.75 Å². The summed E-state index contributed by atoms with van der Waals surface area (Å²) in [5.41, 5.74) is 3.24. The number of ether oxygens (including phenoxy) is 1. The average Bonchev–Trinajstić information content (AvgIpc) is 3.16. The monoisotopic (exact) mass is 353 g/mol. The van der Waals surface area contributed by atoms with E-state index in [1.807, 2.05) is 43.5 Å². The molecule has 0 bridgehead atoms. The maximum atomic E-state index is 12.4. The molecule has 0 spiro atoms. The van der Waals surface area contributed by atoms with Crippen molar-refractivity contribution in [2.45, 2.75) is 25.8 Å². The minimum atomic E-state index is -0.565. The second kappa shape index (κ2) is 7.99. The lowest BCUT2D eigenvalue weighted by molar-refractivity contribution is -0.145. The Kier molecular flexibility index (Phi) is 5.51. The van der Waals surface area contributed by atoms with Crippen LogP contribution in [-0.2, 0) is 16.1 Å². The molecule has 136 valence electrons. The third-order valence-corrected chi connectivity index (χ3v) is 4.80. The molecule has 1 aromatic heterocycles. The fourth-order valence-corrected chi connectivity index (χ4v) is 3.25. The molecular weight excluding hydrogens is 330 g/mol. The molecule has 0 aliphatic carbocycles. The predicted molar refractivity (Wildman–Crippen MR) is 97.8 cm³/mol. The van der Waals surface area contributed by atoms with Crippen molar-refractivity contribution in [3.63, 3.8) is 0 Å². The van der Waals surface area contributed by atoms with E-state index in [0.717, 1.165) is 23.3 Å². The van der Waals surface area contributed by atoms with Crippen molar-refractivity contribution in [3.8, 4) is 5.75 Å². The van der Waals surface area contributed by atoms with E-state index in [0.29, 0.717) is 19.6 Å². The van der Waals surface area contributed by atoms with Gasteiger partial charge in [-0.1, -0.05) is 12.1 Å². The van der Waals surface area contributed by atoms with Gasteiger partial charge in [-0.2, -0.15) is 0 Å². The van der Waals surface area contributed by atoms with Crippen LogP contribution in [0.15, 0.2) is 42.7 Å². The number of hydrogen-bond acceptors (Lipinski definition) is 4. The average molecular weight is 353 g/mol. The van der Waals surface area contributed by atoms with E-state index < -0.39 is 11.8 Å². The smallest absolute Gasteiger partial charge is 0.311 e. The number of rotatable bonds is 4. The molecule has 0 saturated carbocycles. The van der Waals surface area contributed by atoms with Crippen molar-refractivity contribution in [1.82, 2.24) is 15.2 Å². The molecule has 0 radical (unpaired) electrons. The number of benzene rings is 1. The number of carbonyl (C=O) groups is 2. The highest BCUT2D eigenvalue weighted by molar-refractivity contribution is 6.35. The lowest BCUT2D eigenvalue weighted by atomic mass is 9.96. The molecule has 1 unspecified atom stereocenters. The SMILES string of the molecule is COc1ccc(CNC(=O)C(=O)N2CCC(c3cnccc3C)C2)cc1. The third-order valence-electron chi connectivity index (χ3n) is 4.80. The molecule has 6 heteroatoms. The van der Waals surface area contributed by atoms with Crippen molar-refractivity contribution in [2.24, 2.45) is 0 Å². The first kappa shape index (κ1) is 17.9. The zero-order chi connectivity index (χ0) is 18.5. The Morgan fingerprint density at radius 1 is 1.27 bits per heavy atom. The number of methoxy groups -OCH3 is 1. The number of pyridine rings is 1. The molecule has 1 atom stereocenters. The Bertz CT molecular complexity index is 789. The van der Waals surface area contributed by atoms with Gasteiger partial charge in [0, 0.05) is 37.9 Å². The van der Waals surface area contributed by atoms with E-state index in [1.54, 1.807) is 18.2 Å². The molecule has 3 rings (SSSR count). The molecule has 1 N–H and O–H groups in total. The minimum absolute atomic E-state index is 0.238. The summed E-state index contributed by atoms with van der Waals surface area (Å²) in [4.78, 5) is 30.4. The maximum absolute atomic E-state index is 12.4. The zero-order valence-electron chi connectivity index (χ0n) is 15.1. The fraction of sp³-hybridized carbons (Fsp3) is 0.350. The molecule has 2 heterocycles. The van der Waals surface area contributed by atoms with Gasteiger partial charge in [-0.15, -0.1) is 0 Å². The number of aromatic nitrogens is 1. The number of aryl methyl sites for hydroxylation is 1. The standard InChI is InChI=1S/C20H23N3O3/c1-14-7-9-21-12-18(14)16-8-10-23(13-16)20(25)19(24)22-11-15-3-5-17(26-2)6-4-15/h3-7,9,12,16H,8,10-11,13H2,1-2H3,(H,22,24). The van der Waals surface area contributed by atoms with Crippen LogP contribution in [0.4, 0.5) is 0 Å². The first-order valence-electron chi connectivity index (χ1n) is 8.69. The summed E-state index contributed by atoms with van der Waals surface area (Å²) in [5.74, 6) is -0.0427. The topological polar surface area (TPSA) is 71.5 Å². The Balaban J connectivity index is 1.54. The Hall–Kier alpha value is -2.89. The Morgan fingerprint density at radius 3 is 2.73 bits per heavy atom. The van der Waals surface area contributed by atoms with Gasteiger partial charge in [-0.05, 0) is 48.2 Å². The quantitative estimate of drug-likeness (QED) is 0.854. The highest BCUT2D eigenvalue weighted by Gasteiger charge is 2.31. The maximum Gasteiger partial charge on any atom is 0.311 e. The summed E-state index contributed by atoms with van der Waals surface area (Å²) < 4.78 is 5.10. The highest BCUT2D eigenvalue weighted by atomic mass is 16.5. The molecule has 2 aromatic rings. The van der Waals surface area contributed by atoms with E-state index in [1.165, 1.54) is 5.56 Å². The van der Waals surface area contributed by atoms with Gasteiger partial charge in [-0.25, -0.2) is 0 Å². The minimum Gasteiger partial charge on any atom is -0.497 e. The van der Waals surface area contributed by atoms with E-state index in [-0.39, 0.29) is 5.92 Å². The second-order valence-electron chi connectivity index (χ2n) is 6.50. The molecule has 1 aliphatic rings. The number of amides is 2. The zero-order valence-corrected chi connectivity index (χ0v) is 15.1. The normalized spacial score (nSPS) is 16.4. The van der Waals surface area contributed by atoms with Gasteiger partial charge in [-0.3, -0.25) is 14.6 Å². The summed E-state index contributed by atoms with van der Waals surface area (Å²) in [6, 6.07) is 9.35. The van der Waals surface area contributed by atoms with Crippen LogP contribution in [0.1, 0.15) is 29.0 Å². The van der Waals surface area contributed by atoms with Crippen LogP contribution < -0.4 is 10.1 Å². The molecule has 6 nitrogen and oxygen atoms in total. The molecule has 2 amide bonds. The first-order valence-corrected chi connectivity index (χ1v) is 8.69. The molecule has 1 aromatic carbocycles. The van der Waals surface area contributed by atoms with Crippen molar-refractivity contribution < 1.29 is 14.3 Å². The lowest BCUT2D eigenvalue weighted by Gasteiger charge is -2.17. The Morgan fingerprint density at radius 2 is 2.04 bits per heavy atom. The van der Waals surface area contributed by atoms with Crippen molar-refractivity contribution >= 4 is 11.8 Å². The third kappa shape index (κ3) is 4.02. The van der Waals surface area contributed by atoms with Crippen LogP contribution in [-0.4, -0.2) is 41.9 Å². The van der Waals surface area contributed by atoms with Crippen LogP contribution in [0.5, 0.6) is 5.75 Å². The summed E-state index contributed by atoms with van der Waals surface area (Å²) in [6.45, 7) is 3.51. The van der Waals surface area contributed by atoms with Gasteiger partial charge < -0.3 is 15.0 Å². The number of carbonyl (C=O) groups excluding carboxylic acids is 2. The van der Waals surface area contributed by atoms with Gasteiger partial charge in [0.15, 0.2) is 0 Å². The summed E-state index contributed by atoms with van der Waals surface area (Å²) in [5, 5.41) is 2.70. The van der Waals surface area contributed by atoms with Gasteiger partial charge in [0.05, 0.1) is 7.11 Å². The van der Waals surface area contributed by atoms with Crippen LogP contribution >= 0.6 is 0 Å². The summed E-state index contributed by atoms with van der Waals surface area (Å²) >= 11 is 0. The van der Waals surface area contributed by atoms with E-state index >= 15 is 0 Å². The summed E-state index contributed by atoms with van der Waals surface area (Å²) in [6.07, 6.45) is 4.48. The van der Waals surface area contributed by atoms with Crippen molar-refractivity contribution in [1.29, 1.82) is 0 Å². The largest absolute Gasteiger partial charge is 0.497 e. The van der Waals surface area contributed by atoms with Gasteiger partial charge >= 0.3 is 11.8 Å². The molecule has 1 saturated heterocycles. The highest BCUT2D eigenvalue weighted by Crippen LogP contribution is 2.28. The molecular formula is C20H23N3O3. The van der Waals surface area contributed by atoms with E-state index in [4.69, 9.17) is 4.74 Å². The van der Waals surface area contributed by atoms with E-state index in [9.17, 15) is 9.59 Å². The molecule has 1 aliphatic heterocycles. The van der Waals surface area contributed by atoms with E-state index in [2.05, 4.69) is 10.3 Å². The van der Waals surface area contributed by atoms with Crippen LogP contribution in [0.2, 0.25) is 0 Å². The predicted octanol–water partition coefficient (Wildman–Crippen LogP) is 2.03. The van der Waals surface area contributed by atoms with Crippen LogP contribution in [0, 0.1) is 6.92 Å². The Labute approximate surface area is 153 Å².